The van der Waals surface area contributed by atoms with Gasteiger partial charge in [-0.15, -0.1) is 11.3 Å². The quantitative estimate of drug-likeness (QED) is 0.897. The monoisotopic (exact) mass is 317 g/mol. The summed E-state index contributed by atoms with van der Waals surface area (Å²) < 4.78 is 23.0. The van der Waals surface area contributed by atoms with Crippen molar-refractivity contribution in [3.05, 3.63) is 21.9 Å². The molecule has 0 saturated carbocycles. The Hall–Kier alpha value is -1.41. The molecule has 2 heterocycles. The molecule has 20 heavy (non-hydrogen) atoms. The summed E-state index contributed by atoms with van der Waals surface area (Å²) in [4.78, 5) is 25.1. The Morgan fingerprint density at radius 3 is 2.50 bits per heavy atom. The molecule has 1 aromatic heterocycles. The molecular formula is C12H15NO5S2. The van der Waals surface area contributed by atoms with E-state index < -0.39 is 15.8 Å². The van der Waals surface area contributed by atoms with Gasteiger partial charge < -0.3 is 10.0 Å². The molecule has 1 atom stereocenters. The van der Waals surface area contributed by atoms with E-state index >= 15 is 0 Å². The van der Waals surface area contributed by atoms with Crippen LogP contribution in [0.15, 0.2) is 12.1 Å². The Labute approximate surface area is 120 Å². The van der Waals surface area contributed by atoms with Gasteiger partial charge in [-0.2, -0.15) is 0 Å². The number of amides is 1. The van der Waals surface area contributed by atoms with Crippen molar-refractivity contribution in [2.75, 3.05) is 18.1 Å². The Bertz CT molecular complexity index is 634. The van der Waals surface area contributed by atoms with E-state index in [4.69, 9.17) is 5.11 Å². The zero-order chi connectivity index (χ0) is 14.9. The molecule has 1 amide bonds. The number of carboxylic acids is 1. The maximum atomic E-state index is 12.4. The Morgan fingerprint density at radius 1 is 1.40 bits per heavy atom. The second-order valence-corrected chi connectivity index (χ2v) is 7.93. The summed E-state index contributed by atoms with van der Waals surface area (Å²) in [7, 11) is -3.06. The number of carbonyl (C=O) groups is 2. The number of rotatable bonds is 4. The van der Waals surface area contributed by atoms with Gasteiger partial charge in [-0.1, -0.05) is 0 Å². The van der Waals surface area contributed by atoms with Gasteiger partial charge in [0.05, 0.1) is 16.4 Å². The number of thiophene rings is 1. The van der Waals surface area contributed by atoms with E-state index in [-0.39, 0.29) is 28.3 Å². The van der Waals surface area contributed by atoms with Crippen molar-refractivity contribution >= 4 is 33.1 Å². The first-order valence-electron chi connectivity index (χ1n) is 6.18. The van der Waals surface area contributed by atoms with E-state index in [0.29, 0.717) is 17.8 Å². The molecule has 0 unspecified atom stereocenters. The van der Waals surface area contributed by atoms with E-state index in [0.717, 1.165) is 11.3 Å². The SMILES string of the molecule is CCN(C(=O)c1ccc(C(=O)O)s1)[C@H]1CCS(=O)(=O)C1. The van der Waals surface area contributed by atoms with Crippen LogP contribution in [0.25, 0.3) is 0 Å². The van der Waals surface area contributed by atoms with Crippen molar-refractivity contribution in [1.82, 2.24) is 4.90 Å². The maximum absolute atomic E-state index is 12.4. The minimum Gasteiger partial charge on any atom is -0.477 e. The van der Waals surface area contributed by atoms with Gasteiger partial charge in [0, 0.05) is 12.6 Å². The smallest absolute Gasteiger partial charge is 0.345 e. The van der Waals surface area contributed by atoms with Crippen LogP contribution in [0, 0.1) is 0 Å². The highest BCUT2D eigenvalue weighted by molar-refractivity contribution is 7.91. The predicted molar refractivity (Wildman–Crippen MR) is 75.0 cm³/mol. The number of carboxylic acid groups (broad SMARTS) is 1. The fraction of sp³-hybridized carbons (Fsp3) is 0.500. The first kappa shape index (κ1) is 15.0. The lowest BCUT2D eigenvalue weighted by Crippen LogP contribution is -2.40. The molecule has 110 valence electrons. The van der Waals surface area contributed by atoms with Gasteiger partial charge in [-0.3, -0.25) is 4.79 Å². The first-order valence-corrected chi connectivity index (χ1v) is 8.82. The van der Waals surface area contributed by atoms with Gasteiger partial charge in [-0.25, -0.2) is 13.2 Å². The highest BCUT2D eigenvalue weighted by Gasteiger charge is 2.34. The molecule has 1 fully saturated rings. The third-order valence-electron chi connectivity index (χ3n) is 3.28. The van der Waals surface area contributed by atoms with E-state index in [2.05, 4.69) is 0 Å². The Morgan fingerprint density at radius 2 is 2.05 bits per heavy atom. The highest BCUT2D eigenvalue weighted by Crippen LogP contribution is 2.23. The fourth-order valence-electron chi connectivity index (χ4n) is 2.30. The largest absolute Gasteiger partial charge is 0.477 e. The Balaban J connectivity index is 2.19. The molecule has 2 rings (SSSR count). The zero-order valence-corrected chi connectivity index (χ0v) is 12.5. The van der Waals surface area contributed by atoms with E-state index in [1.807, 2.05) is 0 Å². The molecule has 1 N–H and O–H groups in total. The average Bonchev–Trinajstić information content (AvgIpc) is 2.97. The lowest BCUT2D eigenvalue weighted by Gasteiger charge is -2.26. The molecule has 8 heteroatoms. The third kappa shape index (κ3) is 3.01. The van der Waals surface area contributed by atoms with E-state index in [9.17, 15) is 18.0 Å². The molecule has 1 saturated heterocycles. The summed E-state index contributed by atoms with van der Waals surface area (Å²) >= 11 is 0.911. The van der Waals surface area contributed by atoms with Crippen LogP contribution in [0.5, 0.6) is 0 Å². The minimum absolute atomic E-state index is 0.0102. The van der Waals surface area contributed by atoms with Crippen LogP contribution >= 0.6 is 11.3 Å². The number of sulfone groups is 1. The van der Waals surface area contributed by atoms with Crippen molar-refractivity contribution in [2.45, 2.75) is 19.4 Å². The first-order chi connectivity index (χ1) is 9.34. The molecule has 0 aliphatic carbocycles. The van der Waals surface area contributed by atoms with Crippen LogP contribution in [-0.4, -0.2) is 54.4 Å². The molecule has 1 aliphatic rings. The van der Waals surface area contributed by atoms with Gasteiger partial charge in [0.15, 0.2) is 9.84 Å². The standard InChI is InChI=1S/C12H15NO5S2/c1-2-13(8-5-6-20(17,18)7-8)11(14)9-3-4-10(19-9)12(15)16/h3-4,8H,2,5-7H2,1H3,(H,15,16)/t8-/m0/s1. The molecule has 0 spiro atoms. The third-order valence-corrected chi connectivity index (χ3v) is 6.09. The number of hydrogen-bond acceptors (Lipinski definition) is 5. The number of nitrogens with zero attached hydrogens (tertiary/aromatic N) is 1. The van der Waals surface area contributed by atoms with Crippen LogP contribution in [0.1, 0.15) is 32.7 Å². The summed E-state index contributed by atoms with van der Waals surface area (Å²) in [6.45, 7) is 2.19. The summed E-state index contributed by atoms with van der Waals surface area (Å²) in [6.07, 6.45) is 0.444. The second kappa shape index (κ2) is 5.53. The molecule has 0 radical (unpaired) electrons. The van der Waals surface area contributed by atoms with Crippen LogP contribution in [0.4, 0.5) is 0 Å². The van der Waals surface area contributed by atoms with Gasteiger partial charge >= 0.3 is 5.97 Å². The molecule has 6 nitrogen and oxygen atoms in total. The maximum Gasteiger partial charge on any atom is 0.345 e. The van der Waals surface area contributed by atoms with Gasteiger partial charge in [0.2, 0.25) is 0 Å². The van der Waals surface area contributed by atoms with Crippen molar-refractivity contribution in [3.8, 4) is 0 Å². The van der Waals surface area contributed by atoms with E-state index in [1.165, 1.54) is 17.0 Å². The van der Waals surface area contributed by atoms with Crippen LogP contribution < -0.4 is 0 Å². The van der Waals surface area contributed by atoms with Crippen LogP contribution in [0.3, 0.4) is 0 Å². The second-order valence-electron chi connectivity index (χ2n) is 4.62. The van der Waals surface area contributed by atoms with Crippen molar-refractivity contribution in [1.29, 1.82) is 0 Å². The summed E-state index contributed by atoms with van der Waals surface area (Å²) in [5, 5.41) is 8.86. The van der Waals surface area contributed by atoms with Gasteiger partial charge in [0.25, 0.3) is 5.91 Å². The lowest BCUT2D eigenvalue weighted by molar-refractivity contribution is 0.0698. The summed E-state index contributed by atoms with van der Waals surface area (Å²) in [5.41, 5.74) is 0. The van der Waals surface area contributed by atoms with Crippen LogP contribution in [0.2, 0.25) is 0 Å². The molecule has 0 bridgehead atoms. The van der Waals surface area contributed by atoms with Crippen molar-refractivity contribution in [3.63, 3.8) is 0 Å². The average molecular weight is 317 g/mol. The molecular weight excluding hydrogens is 302 g/mol. The summed E-state index contributed by atoms with van der Waals surface area (Å²) in [5.74, 6) is -1.27. The molecule has 1 aliphatic heterocycles. The number of hydrogen-bond donors (Lipinski definition) is 1. The van der Waals surface area contributed by atoms with Crippen molar-refractivity contribution in [2.24, 2.45) is 0 Å². The van der Waals surface area contributed by atoms with Gasteiger partial charge in [0.1, 0.15) is 4.88 Å². The molecule has 0 aromatic carbocycles. The zero-order valence-electron chi connectivity index (χ0n) is 10.9. The predicted octanol–water partition coefficient (Wildman–Crippen LogP) is 1.10. The van der Waals surface area contributed by atoms with E-state index in [1.54, 1.807) is 6.92 Å². The summed E-state index contributed by atoms with van der Waals surface area (Å²) in [6, 6.07) is 2.55. The van der Waals surface area contributed by atoms with Crippen molar-refractivity contribution < 1.29 is 23.1 Å². The Kier molecular flexibility index (Phi) is 4.14. The topological polar surface area (TPSA) is 91.8 Å². The number of aromatic carboxylic acids is 1. The lowest BCUT2D eigenvalue weighted by atomic mass is 10.2. The van der Waals surface area contributed by atoms with Crippen LogP contribution in [-0.2, 0) is 9.84 Å². The van der Waals surface area contributed by atoms with Gasteiger partial charge in [-0.05, 0) is 25.5 Å². The number of carbonyl (C=O) groups excluding carboxylic acids is 1. The highest BCUT2D eigenvalue weighted by atomic mass is 32.2. The fourth-order valence-corrected chi connectivity index (χ4v) is 4.83. The minimum atomic E-state index is -3.06. The molecule has 1 aromatic rings. The normalized spacial score (nSPS) is 20.8.